The van der Waals surface area contributed by atoms with Gasteiger partial charge in [0.25, 0.3) is 0 Å². The molecular weight excluding hydrogens is 280 g/mol. The number of nitrogens with zero attached hydrogens (tertiary/aromatic N) is 1. The zero-order valence-electron chi connectivity index (χ0n) is 12.4. The molecule has 0 aliphatic carbocycles. The van der Waals surface area contributed by atoms with Crippen LogP contribution in [-0.2, 0) is 20.0 Å². The van der Waals surface area contributed by atoms with Gasteiger partial charge in [0.15, 0.2) is 0 Å². The minimum Gasteiger partial charge on any atom is -0.477 e. The Labute approximate surface area is 128 Å². The number of hydrogen-bond donors (Lipinski definition) is 2. The van der Waals surface area contributed by atoms with Crippen LogP contribution in [0.5, 0.6) is 0 Å². The van der Waals surface area contributed by atoms with Crippen LogP contribution in [0, 0.1) is 0 Å². The average molecular weight is 298 g/mol. The van der Waals surface area contributed by atoms with E-state index in [4.69, 9.17) is 4.42 Å². The first-order valence-corrected chi connectivity index (χ1v) is 7.21. The normalized spacial score (nSPS) is 11.1. The van der Waals surface area contributed by atoms with Gasteiger partial charge in [0, 0.05) is 43.0 Å². The Hall–Kier alpha value is -2.53. The number of furan rings is 1. The Morgan fingerprint density at radius 1 is 1.27 bits per heavy atom. The molecule has 2 aromatic heterocycles. The van der Waals surface area contributed by atoms with Crippen molar-refractivity contribution in [1.29, 1.82) is 0 Å². The molecule has 0 spiro atoms. The van der Waals surface area contributed by atoms with Crippen LogP contribution < -0.4 is 5.32 Å². The van der Waals surface area contributed by atoms with E-state index in [1.165, 1.54) is 0 Å². The van der Waals surface area contributed by atoms with Crippen LogP contribution in [0.1, 0.15) is 21.8 Å². The highest BCUT2D eigenvalue weighted by molar-refractivity contribution is 5.98. The molecule has 3 aromatic rings. The van der Waals surface area contributed by atoms with Crippen LogP contribution in [0.4, 0.5) is 0 Å². The number of aryl methyl sites for hydroxylation is 1. The van der Waals surface area contributed by atoms with Crippen LogP contribution in [0.2, 0.25) is 0 Å². The lowest BCUT2D eigenvalue weighted by atomic mass is 10.1. The number of para-hydroxylation sites is 1. The lowest BCUT2D eigenvalue weighted by Crippen LogP contribution is -2.18. The molecule has 2 heterocycles. The molecule has 0 saturated carbocycles. The number of carboxylic acids is 1. The van der Waals surface area contributed by atoms with E-state index in [1.807, 2.05) is 36.4 Å². The first-order valence-electron chi connectivity index (χ1n) is 7.21. The van der Waals surface area contributed by atoms with Crippen LogP contribution in [-0.4, -0.2) is 22.2 Å². The standard InChI is InChI=1S/C17H18N2O3/c1-19-15-7-3-2-6-13(15)14(16(19)17(20)21)11-18-9-8-12-5-4-10-22-12/h2-7,10,18H,8-9,11H2,1H3,(H,20,21). The minimum atomic E-state index is -0.901. The summed E-state index contributed by atoms with van der Waals surface area (Å²) in [5, 5.41) is 13.8. The first kappa shape index (κ1) is 14.4. The number of aromatic carboxylic acids is 1. The van der Waals surface area contributed by atoms with Gasteiger partial charge in [0.2, 0.25) is 0 Å². The zero-order valence-corrected chi connectivity index (χ0v) is 12.4. The Morgan fingerprint density at radius 2 is 2.09 bits per heavy atom. The zero-order chi connectivity index (χ0) is 15.5. The molecule has 0 radical (unpaired) electrons. The quantitative estimate of drug-likeness (QED) is 0.687. The third-order valence-electron chi connectivity index (χ3n) is 3.84. The van der Waals surface area contributed by atoms with Crippen molar-refractivity contribution >= 4 is 16.9 Å². The molecule has 2 N–H and O–H groups in total. The van der Waals surface area contributed by atoms with Crippen LogP contribution >= 0.6 is 0 Å². The van der Waals surface area contributed by atoms with Gasteiger partial charge in [-0.15, -0.1) is 0 Å². The molecule has 3 rings (SSSR count). The van der Waals surface area contributed by atoms with E-state index in [-0.39, 0.29) is 0 Å². The van der Waals surface area contributed by atoms with E-state index in [0.717, 1.165) is 35.2 Å². The predicted molar refractivity (Wildman–Crippen MR) is 84.0 cm³/mol. The van der Waals surface area contributed by atoms with Gasteiger partial charge in [-0.2, -0.15) is 0 Å². The van der Waals surface area contributed by atoms with E-state index in [1.54, 1.807) is 17.9 Å². The Balaban J connectivity index is 1.80. The maximum atomic E-state index is 11.6. The number of aromatic nitrogens is 1. The largest absolute Gasteiger partial charge is 0.477 e. The SMILES string of the molecule is Cn1c(C(=O)O)c(CNCCc2ccco2)c2ccccc21. The Morgan fingerprint density at radius 3 is 2.82 bits per heavy atom. The molecule has 0 aliphatic heterocycles. The molecule has 5 nitrogen and oxygen atoms in total. The third-order valence-corrected chi connectivity index (χ3v) is 3.84. The summed E-state index contributed by atoms with van der Waals surface area (Å²) in [4.78, 5) is 11.6. The van der Waals surface area contributed by atoms with Crippen LogP contribution in [0.15, 0.2) is 47.1 Å². The summed E-state index contributed by atoms with van der Waals surface area (Å²) in [7, 11) is 1.79. The van der Waals surface area contributed by atoms with Gasteiger partial charge in [-0.05, 0) is 18.2 Å². The van der Waals surface area contributed by atoms with E-state index in [9.17, 15) is 9.90 Å². The number of hydrogen-bond acceptors (Lipinski definition) is 3. The third kappa shape index (κ3) is 2.63. The predicted octanol–water partition coefficient (Wildman–Crippen LogP) is 2.80. The molecule has 0 aliphatic rings. The van der Waals surface area contributed by atoms with Gasteiger partial charge in [-0.3, -0.25) is 0 Å². The average Bonchev–Trinajstić information content (AvgIpc) is 3.11. The molecule has 0 unspecified atom stereocenters. The van der Waals surface area contributed by atoms with Crippen molar-refractivity contribution < 1.29 is 14.3 Å². The smallest absolute Gasteiger partial charge is 0.352 e. The summed E-state index contributed by atoms with van der Waals surface area (Å²) in [6, 6.07) is 11.5. The van der Waals surface area contributed by atoms with E-state index in [2.05, 4.69) is 5.32 Å². The van der Waals surface area contributed by atoms with Crippen molar-refractivity contribution in [3.05, 3.63) is 59.7 Å². The van der Waals surface area contributed by atoms with E-state index in [0.29, 0.717) is 12.2 Å². The summed E-state index contributed by atoms with van der Waals surface area (Å²) in [5.41, 5.74) is 2.10. The summed E-state index contributed by atoms with van der Waals surface area (Å²) < 4.78 is 7.02. The molecule has 5 heteroatoms. The fraction of sp³-hybridized carbons (Fsp3) is 0.235. The molecule has 0 amide bonds. The lowest BCUT2D eigenvalue weighted by Gasteiger charge is -2.05. The van der Waals surface area contributed by atoms with Crippen molar-refractivity contribution in [2.45, 2.75) is 13.0 Å². The van der Waals surface area contributed by atoms with Crippen LogP contribution in [0.25, 0.3) is 10.9 Å². The minimum absolute atomic E-state index is 0.340. The van der Waals surface area contributed by atoms with Crippen molar-refractivity contribution in [3.63, 3.8) is 0 Å². The van der Waals surface area contributed by atoms with Crippen molar-refractivity contribution in [1.82, 2.24) is 9.88 Å². The summed E-state index contributed by atoms with van der Waals surface area (Å²) in [6.45, 7) is 1.25. The monoisotopic (exact) mass is 298 g/mol. The van der Waals surface area contributed by atoms with Gasteiger partial charge < -0.3 is 19.4 Å². The van der Waals surface area contributed by atoms with Crippen molar-refractivity contribution in [2.75, 3.05) is 6.54 Å². The molecule has 0 bridgehead atoms. The first-order chi connectivity index (χ1) is 10.7. The molecule has 114 valence electrons. The lowest BCUT2D eigenvalue weighted by molar-refractivity contribution is 0.0685. The highest BCUT2D eigenvalue weighted by Crippen LogP contribution is 2.25. The van der Waals surface area contributed by atoms with Gasteiger partial charge >= 0.3 is 5.97 Å². The molecule has 0 saturated heterocycles. The molecule has 0 fully saturated rings. The molecule has 0 atom stereocenters. The summed E-state index contributed by atoms with van der Waals surface area (Å²) >= 11 is 0. The summed E-state index contributed by atoms with van der Waals surface area (Å²) in [5.74, 6) is 0.0189. The number of benzene rings is 1. The fourth-order valence-electron chi connectivity index (χ4n) is 2.80. The number of carbonyl (C=O) groups is 1. The van der Waals surface area contributed by atoms with Gasteiger partial charge in [0.1, 0.15) is 11.5 Å². The Bertz CT molecular complexity index is 788. The molecular formula is C17H18N2O3. The highest BCUT2D eigenvalue weighted by atomic mass is 16.4. The number of rotatable bonds is 6. The summed E-state index contributed by atoms with van der Waals surface area (Å²) in [6.07, 6.45) is 2.43. The maximum absolute atomic E-state index is 11.6. The van der Waals surface area contributed by atoms with Gasteiger partial charge in [-0.1, -0.05) is 18.2 Å². The maximum Gasteiger partial charge on any atom is 0.352 e. The van der Waals surface area contributed by atoms with Gasteiger partial charge in [-0.25, -0.2) is 4.79 Å². The van der Waals surface area contributed by atoms with Crippen LogP contribution in [0.3, 0.4) is 0 Å². The van der Waals surface area contributed by atoms with Crippen molar-refractivity contribution in [2.24, 2.45) is 7.05 Å². The van der Waals surface area contributed by atoms with E-state index < -0.39 is 5.97 Å². The highest BCUT2D eigenvalue weighted by Gasteiger charge is 2.19. The van der Waals surface area contributed by atoms with E-state index >= 15 is 0 Å². The Kier molecular flexibility index (Phi) is 3.98. The van der Waals surface area contributed by atoms with Gasteiger partial charge in [0.05, 0.1) is 6.26 Å². The number of fused-ring (bicyclic) bond motifs is 1. The number of carboxylic acid groups (broad SMARTS) is 1. The number of nitrogens with one attached hydrogen (secondary N) is 1. The fourth-order valence-corrected chi connectivity index (χ4v) is 2.80. The van der Waals surface area contributed by atoms with Crippen molar-refractivity contribution in [3.8, 4) is 0 Å². The second-order valence-electron chi connectivity index (χ2n) is 5.21. The molecule has 22 heavy (non-hydrogen) atoms. The topological polar surface area (TPSA) is 67.4 Å². The second kappa shape index (κ2) is 6.07. The second-order valence-corrected chi connectivity index (χ2v) is 5.21. The molecule has 1 aromatic carbocycles.